The Morgan fingerprint density at radius 3 is 2.53 bits per heavy atom. The average Bonchev–Trinajstić information content (AvgIpc) is 2.90. The van der Waals surface area contributed by atoms with Crippen molar-refractivity contribution in [1.29, 1.82) is 0 Å². The van der Waals surface area contributed by atoms with Gasteiger partial charge in [-0.15, -0.1) is 0 Å². The van der Waals surface area contributed by atoms with Gasteiger partial charge in [-0.25, -0.2) is 17.6 Å². The number of fused-ring (bicyclic) bond motifs is 1. The largest absolute Gasteiger partial charge is 0.497 e. The SMILES string of the molecule is COc1ccc2ncc(Cl)c([C@@H](F)CCC3(C(=O)O)CCN(CC#Cc4cc(F)c(F)c(F)c4)CC3)c2c1. The molecule has 1 aliphatic heterocycles. The number of alkyl halides is 1. The zero-order valence-corrected chi connectivity index (χ0v) is 21.3. The Morgan fingerprint density at radius 1 is 1.21 bits per heavy atom. The van der Waals surface area contributed by atoms with Crippen LogP contribution >= 0.6 is 11.6 Å². The molecule has 0 bridgehead atoms. The Hall–Kier alpha value is -3.35. The number of benzene rings is 2. The summed E-state index contributed by atoms with van der Waals surface area (Å²) < 4.78 is 60.7. The number of halogens is 5. The van der Waals surface area contributed by atoms with E-state index in [-0.39, 0.29) is 48.4 Å². The molecule has 1 aliphatic rings. The quantitative estimate of drug-likeness (QED) is 0.213. The maximum absolute atomic E-state index is 15.6. The Balaban J connectivity index is 1.41. The number of carboxylic acids is 1. The van der Waals surface area contributed by atoms with E-state index in [1.165, 1.54) is 13.3 Å². The van der Waals surface area contributed by atoms with Crippen LogP contribution in [-0.2, 0) is 4.79 Å². The summed E-state index contributed by atoms with van der Waals surface area (Å²) in [6.07, 6.45) is 0.534. The number of nitrogens with zero attached hydrogens (tertiary/aromatic N) is 2. The van der Waals surface area contributed by atoms with Crippen LogP contribution in [0.15, 0.2) is 36.5 Å². The fourth-order valence-electron chi connectivity index (χ4n) is 4.75. The normalized spacial score (nSPS) is 16.1. The molecule has 5 nitrogen and oxygen atoms in total. The highest BCUT2D eigenvalue weighted by Gasteiger charge is 2.41. The standard InChI is InChI=1S/C28H25ClF4N2O3/c1-38-18-4-5-24-19(15-18)25(20(29)16-34-24)21(30)6-7-28(27(36)37)8-11-35(12-9-28)10-2-3-17-13-22(31)26(33)23(32)14-17/h4-5,13-16,21H,6-12H2,1H3,(H,36,37)/t21-/m0/s1. The van der Waals surface area contributed by atoms with E-state index in [0.717, 1.165) is 12.1 Å². The molecule has 2 aromatic carbocycles. The third-order valence-corrected chi connectivity index (χ3v) is 7.34. The summed E-state index contributed by atoms with van der Waals surface area (Å²) in [5.41, 5.74) is -0.282. The summed E-state index contributed by atoms with van der Waals surface area (Å²) in [7, 11) is 1.50. The first-order chi connectivity index (χ1) is 18.1. The third-order valence-electron chi connectivity index (χ3n) is 7.04. The van der Waals surface area contributed by atoms with Crippen molar-refractivity contribution in [1.82, 2.24) is 9.88 Å². The van der Waals surface area contributed by atoms with E-state index in [4.69, 9.17) is 16.3 Å². The molecular weight excluding hydrogens is 524 g/mol. The number of rotatable bonds is 7. The zero-order chi connectivity index (χ0) is 27.4. The lowest BCUT2D eigenvalue weighted by Crippen LogP contribution is -2.44. The first-order valence-electron chi connectivity index (χ1n) is 12.0. The van der Waals surface area contributed by atoms with Crippen LogP contribution in [0, 0.1) is 34.7 Å². The fourth-order valence-corrected chi connectivity index (χ4v) is 5.02. The number of aliphatic carboxylic acids is 1. The van der Waals surface area contributed by atoms with E-state index >= 15 is 4.39 Å². The molecule has 10 heteroatoms. The minimum atomic E-state index is -1.55. The zero-order valence-electron chi connectivity index (χ0n) is 20.5. The number of carboxylic acid groups (broad SMARTS) is 1. The summed E-state index contributed by atoms with van der Waals surface area (Å²) in [5, 5.41) is 10.7. The first-order valence-corrected chi connectivity index (χ1v) is 12.4. The predicted molar refractivity (Wildman–Crippen MR) is 135 cm³/mol. The van der Waals surface area contributed by atoms with Crippen molar-refractivity contribution >= 4 is 28.5 Å². The van der Waals surface area contributed by atoms with Gasteiger partial charge < -0.3 is 9.84 Å². The molecule has 200 valence electrons. The Kier molecular flexibility index (Phi) is 8.44. The molecule has 0 aliphatic carbocycles. The minimum Gasteiger partial charge on any atom is -0.497 e. The number of pyridine rings is 1. The van der Waals surface area contributed by atoms with Crippen LogP contribution in [0.2, 0.25) is 5.02 Å². The van der Waals surface area contributed by atoms with Crippen LogP contribution in [-0.4, -0.2) is 47.7 Å². The van der Waals surface area contributed by atoms with E-state index in [2.05, 4.69) is 16.8 Å². The molecule has 1 aromatic heterocycles. The number of likely N-dealkylation sites (tertiary alicyclic amines) is 1. The van der Waals surface area contributed by atoms with Crippen molar-refractivity contribution in [2.45, 2.75) is 31.9 Å². The first kappa shape index (κ1) is 27.7. The van der Waals surface area contributed by atoms with Gasteiger partial charge in [-0.2, -0.15) is 0 Å². The van der Waals surface area contributed by atoms with Crippen molar-refractivity contribution in [2.75, 3.05) is 26.7 Å². The Morgan fingerprint density at radius 2 is 1.89 bits per heavy atom. The lowest BCUT2D eigenvalue weighted by molar-refractivity contribution is -0.152. The van der Waals surface area contributed by atoms with Crippen LogP contribution in [0.3, 0.4) is 0 Å². The molecule has 1 atom stereocenters. The molecule has 1 saturated heterocycles. The maximum atomic E-state index is 15.6. The Bertz CT molecular complexity index is 1390. The van der Waals surface area contributed by atoms with Crippen LogP contribution in [0.4, 0.5) is 17.6 Å². The maximum Gasteiger partial charge on any atom is 0.309 e. The van der Waals surface area contributed by atoms with Crippen molar-refractivity contribution in [3.63, 3.8) is 0 Å². The van der Waals surface area contributed by atoms with Crippen LogP contribution in [0.5, 0.6) is 5.75 Å². The monoisotopic (exact) mass is 548 g/mol. The molecule has 3 aromatic rings. The van der Waals surface area contributed by atoms with Gasteiger partial charge >= 0.3 is 5.97 Å². The number of carbonyl (C=O) groups is 1. The van der Waals surface area contributed by atoms with E-state index in [0.29, 0.717) is 29.7 Å². The van der Waals surface area contributed by atoms with Gasteiger partial charge in [-0.05, 0) is 56.0 Å². The van der Waals surface area contributed by atoms with Crippen LogP contribution in [0.1, 0.15) is 43.0 Å². The fraction of sp³-hybridized carbons (Fsp3) is 0.357. The summed E-state index contributed by atoms with van der Waals surface area (Å²) in [5.74, 6) is 0.752. The smallest absolute Gasteiger partial charge is 0.309 e. The van der Waals surface area contributed by atoms with E-state index < -0.39 is 35.0 Å². The second-order valence-electron chi connectivity index (χ2n) is 9.33. The number of methoxy groups -OCH3 is 1. The minimum absolute atomic E-state index is 0.00666. The molecule has 0 radical (unpaired) electrons. The highest BCUT2D eigenvalue weighted by atomic mass is 35.5. The average molecular weight is 549 g/mol. The number of hydrogen-bond donors (Lipinski definition) is 1. The summed E-state index contributed by atoms with van der Waals surface area (Å²) in [6, 6.07) is 6.73. The molecular formula is C28H25ClF4N2O3. The Labute approximate surface area is 222 Å². The van der Waals surface area contributed by atoms with Gasteiger partial charge in [-0.3, -0.25) is 14.7 Å². The van der Waals surface area contributed by atoms with Crippen LogP contribution < -0.4 is 4.74 Å². The topological polar surface area (TPSA) is 62.7 Å². The lowest BCUT2D eigenvalue weighted by atomic mass is 9.74. The summed E-state index contributed by atoms with van der Waals surface area (Å²) in [6.45, 7) is 1.04. The number of aromatic nitrogens is 1. The predicted octanol–water partition coefficient (Wildman–Crippen LogP) is 6.32. The molecule has 0 amide bonds. The summed E-state index contributed by atoms with van der Waals surface area (Å²) >= 11 is 6.31. The van der Waals surface area contributed by atoms with Gasteiger partial charge in [0.1, 0.15) is 11.9 Å². The molecule has 4 rings (SSSR count). The van der Waals surface area contributed by atoms with E-state index in [1.54, 1.807) is 18.2 Å². The third kappa shape index (κ3) is 5.87. The highest BCUT2D eigenvalue weighted by Crippen LogP contribution is 2.42. The van der Waals surface area contributed by atoms with Gasteiger partial charge in [0.15, 0.2) is 17.5 Å². The van der Waals surface area contributed by atoms with Crippen molar-refractivity contribution in [2.24, 2.45) is 5.41 Å². The molecule has 0 unspecified atom stereocenters. The molecule has 1 N–H and O–H groups in total. The van der Waals surface area contributed by atoms with Crippen LogP contribution in [0.25, 0.3) is 10.9 Å². The molecule has 1 fully saturated rings. The van der Waals surface area contributed by atoms with Gasteiger partial charge in [0.25, 0.3) is 0 Å². The highest BCUT2D eigenvalue weighted by molar-refractivity contribution is 6.32. The van der Waals surface area contributed by atoms with Gasteiger partial charge in [0, 0.05) is 35.8 Å². The lowest BCUT2D eigenvalue weighted by Gasteiger charge is -2.38. The number of piperidine rings is 1. The summed E-state index contributed by atoms with van der Waals surface area (Å²) in [4.78, 5) is 18.4. The van der Waals surface area contributed by atoms with Crippen molar-refractivity contribution < 1.29 is 32.2 Å². The van der Waals surface area contributed by atoms with Crippen molar-refractivity contribution in [3.05, 3.63) is 70.1 Å². The second-order valence-corrected chi connectivity index (χ2v) is 9.73. The molecule has 0 spiro atoms. The van der Waals surface area contributed by atoms with Gasteiger partial charge in [0.2, 0.25) is 0 Å². The van der Waals surface area contributed by atoms with Crippen molar-refractivity contribution in [3.8, 4) is 17.6 Å². The van der Waals surface area contributed by atoms with Gasteiger partial charge in [-0.1, -0.05) is 23.4 Å². The van der Waals surface area contributed by atoms with E-state index in [1.807, 2.05) is 4.90 Å². The van der Waals surface area contributed by atoms with Gasteiger partial charge in [0.05, 0.1) is 29.6 Å². The second kappa shape index (κ2) is 11.6. The number of hydrogen-bond acceptors (Lipinski definition) is 4. The number of ether oxygens (including phenoxy) is 1. The molecule has 2 heterocycles. The molecule has 0 saturated carbocycles. The van der Waals surface area contributed by atoms with E-state index in [9.17, 15) is 23.1 Å². The molecule has 38 heavy (non-hydrogen) atoms.